The smallest absolute Gasteiger partial charge is 0.233 e. The van der Waals surface area contributed by atoms with E-state index < -0.39 is 0 Å². The van der Waals surface area contributed by atoms with E-state index in [1.54, 1.807) is 0 Å². The number of rotatable bonds is 8. The Labute approximate surface area is 177 Å². The van der Waals surface area contributed by atoms with Crippen molar-refractivity contribution in [2.75, 3.05) is 19.6 Å². The predicted octanol–water partition coefficient (Wildman–Crippen LogP) is 0.766. The number of unbranched alkanes of at least 4 members (excludes halogenated alkanes) is 1. The molecule has 4 rings (SSSR count). The van der Waals surface area contributed by atoms with Gasteiger partial charge < -0.3 is 15.2 Å². The summed E-state index contributed by atoms with van der Waals surface area (Å²) in [7, 11) is 1.92. The molecule has 9 heteroatoms. The van der Waals surface area contributed by atoms with E-state index in [2.05, 4.69) is 44.9 Å². The molecule has 4 atom stereocenters. The van der Waals surface area contributed by atoms with Crippen LogP contribution in [0.2, 0.25) is 0 Å². The zero-order valence-corrected chi connectivity index (χ0v) is 18.0. The van der Waals surface area contributed by atoms with Crippen molar-refractivity contribution in [1.29, 1.82) is 0 Å². The summed E-state index contributed by atoms with van der Waals surface area (Å²) in [4.78, 5) is 31.7. The Hall–Kier alpha value is -2.71. The molecule has 0 aromatic carbocycles. The molecule has 1 saturated heterocycles. The molecule has 1 aromatic rings. The van der Waals surface area contributed by atoms with E-state index in [9.17, 15) is 9.59 Å². The van der Waals surface area contributed by atoms with Crippen LogP contribution in [0.5, 0.6) is 0 Å². The minimum absolute atomic E-state index is 0.00404. The van der Waals surface area contributed by atoms with Gasteiger partial charge in [-0.3, -0.25) is 14.5 Å². The fourth-order valence-electron chi connectivity index (χ4n) is 4.77. The van der Waals surface area contributed by atoms with Crippen LogP contribution in [0.25, 0.3) is 0 Å². The van der Waals surface area contributed by atoms with Crippen molar-refractivity contribution in [3.05, 3.63) is 23.8 Å². The number of aryl methyl sites for hydroxylation is 1. The van der Waals surface area contributed by atoms with E-state index in [-0.39, 0.29) is 35.5 Å². The molecular weight excluding hydrogens is 382 g/mol. The molecule has 0 radical (unpaired) electrons. The maximum absolute atomic E-state index is 12.8. The fourth-order valence-corrected chi connectivity index (χ4v) is 4.77. The molecule has 2 fully saturated rings. The second-order valence-corrected chi connectivity index (χ2v) is 8.42. The topological polar surface area (TPSA) is 105 Å². The van der Waals surface area contributed by atoms with E-state index in [1.165, 1.54) is 4.90 Å². The summed E-state index contributed by atoms with van der Waals surface area (Å²) in [5.74, 6) is 2.49. The molecule has 2 bridgehead atoms. The first-order chi connectivity index (χ1) is 14.5. The number of carbonyl (C=O) groups is 2. The summed E-state index contributed by atoms with van der Waals surface area (Å²) in [5, 5.41) is 14.8. The van der Waals surface area contributed by atoms with Gasteiger partial charge in [0.2, 0.25) is 11.8 Å². The van der Waals surface area contributed by atoms with Crippen LogP contribution in [0.4, 0.5) is 0 Å². The second kappa shape index (κ2) is 8.57. The normalized spacial score (nSPS) is 27.3. The Morgan fingerprint density at radius 2 is 1.80 bits per heavy atom. The monoisotopic (exact) mass is 413 g/mol. The summed E-state index contributed by atoms with van der Waals surface area (Å²) in [6.45, 7) is 6.08. The number of carbonyl (C=O) groups excluding carboxylic acids is 2. The number of aliphatic imine (C=N–C) groups is 1. The third kappa shape index (κ3) is 3.73. The Kier molecular flexibility index (Phi) is 5.87. The molecular formula is C21H31N7O2. The SMILES string of the molecule is CCCCNC(=NCc1nnc(C)n1C)NCCN1C(=O)C2C3C=CC(C3)C2C1=O. The van der Waals surface area contributed by atoms with Gasteiger partial charge in [0, 0.05) is 26.7 Å². The Morgan fingerprint density at radius 1 is 1.13 bits per heavy atom. The molecule has 2 heterocycles. The van der Waals surface area contributed by atoms with Gasteiger partial charge in [-0.05, 0) is 31.6 Å². The zero-order valence-electron chi connectivity index (χ0n) is 18.0. The highest BCUT2D eigenvalue weighted by Gasteiger charge is 2.58. The van der Waals surface area contributed by atoms with Crippen molar-refractivity contribution in [3.63, 3.8) is 0 Å². The van der Waals surface area contributed by atoms with E-state index >= 15 is 0 Å². The number of likely N-dealkylation sites (tertiary alicyclic amines) is 1. The van der Waals surface area contributed by atoms with Gasteiger partial charge in [-0.2, -0.15) is 0 Å². The summed E-state index contributed by atoms with van der Waals surface area (Å²) < 4.78 is 1.91. The molecule has 162 valence electrons. The highest BCUT2D eigenvalue weighted by molar-refractivity contribution is 6.06. The van der Waals surface area contributed by atoms with E-state index in [1.807, 2.05) is 18.5 Å². The molecule has 4 unspecified atom stereocenters. The lowest BCUT2D eigenvalue weighted by molar-refractivity contribution is -0.140. The Balaban J connectivity index is 1.34. The average molecular weight is 414 g/mol. The van der Waals surface area contributed by atoms with Gasteiger partial charge in [0.15, 0.2) is 11.8 Å². The van der Waals surface area contributed by atoms with Crippen molar-refractivity contribution in [3.8, 4) is 0 Å². The van der Waals surface area contributed by atoms with Crippen molar-refractivity contribution in [2.45, 2.75) is 39.7 Å². The van der Waals surface area contributed by atoms with Gasteiger partial charge in [-0.15, -0.1) is 10.2 Å². The van der Waals surface area contributed by atoms with Crippen LogP contribution >= 0.6 is 0 Å². The summed E-state index contributed by atoms with van der Waals surface area (Å²) in [6, 6.07) is 0. The van der Waals surface area contributed by atoms with Crippen LogP contribution in [0.1, 0.15) is 37.8 Å². The van der Waals surface area contributed by atoms with Crippen molar-refractivity contribution >= 4 is 17.8 Å². The quantitative estimate of drug-likeness (QED) is 0.214. The maximum Gasteiger partial charge on any atom is 0.233 e. The van der Waals surface area contributed by atoms with Crippen LogP contribution in [-0.4, -0.2) is 57.1 Å². The number of hydrogen-bond acceptors (Lipinski definition) is 5. The molecule has 3 aliphatic rings. The summed E-state index contributed by atoms with van der Waals surface area (Å²) in [6.07, 6.45) is 7.31. The first-order valence-electron chi connectivity index (χ1n) is 10.9. The standard InChI is InChI=1S/C21H31N7O2/c1-4-5-8-22-21(24-12-16-26-25-13(2)27(16)3)23-9-10-28-19(29)17-14-6-7-15(11-14)18(17)20(28)30/h6-7,14-15,17-18H,4-5,8-12H2,1-3H3,(H2,22,23,24). The lowest BCUT2D eigenvalue weighted by atomic mass is 9.85. The molecule has 2 amide bonds. The first kappa shape index (κ1) is 20.6. The van der Waals surface area contributed by atoms with Gasteiger partial charge in [0.05, 0.1) is 11.8 Å². The van der Waals surface area contributed by atoms with Gasteiger partial charge in [-0.25, -0.2) is 4.99 Å². The van der Waals surface area contributed by atoms with Crippen molar-refractivity contribution in [2.24, 2.45) is 35.7 Å². The Morgan fingerprint density at radius 3 is 2.40 bits per heavy atom. The molecule has 1 aromatic heterocycles. The Bertz CT molecular complexity index is 845. The number of amides is 2. The van der Waals surface area contributed by atoms with Crippen molar-refractivity contribution in [1.82, 2.24) is 30.3 Å². The number of fused-ring (bicyclic) bond motifs is 5. The number of allylic oxidation sites excluding steroid dienone is 2. The zero-order chi connectivity index (χ0) is 21.3. The molecule has 0 spiro atoms. The number of aromatic nitrogens is 3. The molecule has 1 saturated carbocycles. The van der Waals surface area contributed by atoms with Crippen LogP contribution in [0, 0.1) is 30.6 Å². The summed E-state index contributed by atoms with van der Waals surface area (Å²) in [5.41, 5.74) is 0. The van der Waals surface area contributed by atoms with Gasteiger partial charge >= 0.3 is 0 Å². The number of nitrogens with one attached hydrogen (secondary N) is 2. The molecule has 9 nitrogen and oxygen atoms in total. The minimum Gasteiger partial charge on any atom is -0.356 e. The van der Waals surface area contributed by atoms with Crippen LogP contribution < -0.4 is 10.6 Å². The molecule has 2 aliphatic carbocycles. The third-order valence-corrected chi connectivity index (χ3v) is 6.57. The first-order valence-corrected chi connectivity index (χ1v) is 10.9. The lowest BCUT2D eigenvalue weighted by Crippen LogP contribution is -2.44. The summed E-state index contributed by atoms with van der Waals surface area (Å²) >= 11 is 0. The van der Waals surface area contributed by atoms with Gasteiger partial charge in [0.1, 0.15) is 12.4 Å². The van der Waals surface area contributed by atoms with E-state index in [0.717, 1.165) is 37.5 Å². The number of hydrogen-bond donors (Lipinski definition) is 2. The fraction of sp³-hybridized carbons (Fsp3) is 0.667. The number of guanidine groups is 1. The van der Waals surface area contributed by atoms with Crippen LogP contribution in [-0.2, 0) is 23.2 Å². The molecule has 2 N–H and O–H groups in total. The average Bonchev–Trinajstić information content (AvgIpc) is 3.48. The minimum atomic E-state index is -0.137. The van der Waals surface area contributed by atoms with Gasteiger partial charge in [-0.1, -0.05) is 25.5 Å². The third-order valence-electron chi connectivity index (χ3n) is 6.57. The maximum atomic E-state index is 12.8. The molecule has 1 aliphatic heterocycles. The molecule has 30 heavy (non-hydrogen) atoms. The van der Waals surface area contributed by atoms with Crippen molar-refractivity contribution < 1.29 is 9.59 Å². The predicted molar refractivity (Wildman–Crippen MR) is 112 cm³/mol. The van der Waals surface area contributed by atoms with Crippen LogP contribution in [0.3, 0.4) is 0 Å². The largest absolute Gasteiger partial charge is 0.356 e. The van der Waals surface area contributed by atoms with Crippen LogP contribution in [0.15, 0.2) is 17.1 Å². The lowest BCUT2D eigenvalue weighted by Gasteiger charge is -2.19. The number of imide groups is 1. The van der Waals surface area contributed by atoms with E-state index in [4.69, 9.17) is 0 Å². The highest BCUT2D eigenvalue weighted by Crippen LogP contribution is 2.52. The van der Waals surface area contributed by atoms with E-state index in [0.29, 0.717) is 25.6 Å². The number of nitrogens with zero attached hydrogens (tertiary/aromatic N) is 5. The second-order valence-electron chi connectivity index (χ2n) is 8.42. The van der Waals surface area contributed by atoms with Gasteiger partial charge in [0.25, 0.3) is 0 Å². The highest BCUT2D eigenvalue weighted by atomic mass is 16.2.